The van der Waals surface area contributed by atoms with E-state index in [-0.39, 0.29) is 23.0 Å². The SMILES string of the molecule is CO[C@H]1[C@H](O)[C@@H](C)OC(O[C@H]2C(O[C@H]3CC[C@@]4(C)C(=CC[C@H]5[C@@H]6C[C@@H]7O[C@]8(CC[C@@H](C)CO8)[C@@H](C)[C@@H]7[C@@]6(C)CC[C@@H]54)C3)O[C@H](CO)[C@@H](OC3O[C@H](C)[C@@H](O)[C@H](O)[C@@H]3O)[C@@H]2O)[C@H]1O. The van der Waals surface area contributed by atoms with E-state index in [1.165, 1.54) is 32.4 Å². The van der Waals surface area contributed by atoms with Gasteiger partial charge in [-0.05, 0) is 106 Å². The van der Waals surface area contributed by atoms with E-state index < -0.39 is 105 Å². The fraction of sp³-hybridized carbons (Fsp3) is 0.957. The minimum atomic E-state index is -1.69. The highest BCUT2D eigenvalue weighted by Crippen LogP contribution is 2.70. The maximum atomic E-state index is 12.1. The van der Waals surface area contributed by atoms with Crippen LogP contribution in [0.15, 0.2) is 11.6 Å². The molecule has 4 aliphatic carbocycles. The molecule has 3 unspecified atom stereocenters. The van der Waals surface area contributed by atoms with E-state index in [0.717, 1.165) is 38.7 Å². The number of rotatable bonds is 8. The number of methoxy groups -OCH3 is 1. The Labute approximate surface area is 365 Å². The third kappa shape index (κ3) is 7.50. The molecule has 0 radical (unpaired) electrons. The summed E-state index contributed by atoms with van der Waals surface area (Å²) in [6.45, 7) is 12.9. The summed E-state index contributed by atoms with van der Waals surface area (Å²) in [6, 6.07) is 0. The van der Waals surface area contributed by atoms with E-state index in [0.29, 0.717) is 48.3 Å². The first-order valence-electron chi connectivity index (χ1n) is 23.6. The second-order valence-corrected chi connectivity index (χ2v) is 21.3. The standard InChI is InChI=1S/C46H74O16/c1-20-10-15-46(55-19-20)21(2)31-29(62-46)17-28-26-9-8-24-16-25(11-13-44(24,5)27(26)12-14-45(28,31)6)58-43-40(61-42-37(53)39(54-7)33(49)23(4)57-42)36(52)38(30(18-47)59-43)60-41-35(51)34(50)32(48)22(3)56-41/h8,20-23,25-43,47-53H,9-19H2,1-7H3/t20-,21+,22-,23-,25+,26-,27+,28+,29+,30-,31+,32-,33-,34+,35+,36+,37+,38-,39+,40-,41?,42?,43?,44+,45+,46-/m1/s1. The lowest BCUT2D eigenvalue weighted by atomic mass is 9.47. The first-order valence-corrected chi connectivity index (χ1v) is 23.6. The molecular formula is C46H74O16. The summed E-state index contributed by atoms with van der Waals surface area (Å²) >= 11 is 0. The lowest BCUT2D eigenvalue weighted by molar-refractivity contribution is -0.389. The van der Waals surface area contributed by atoms with Crippen LogP contribution >= 0.6 is 0 Å². The van der Waals surface area contributed by atoms with E-state index in [4.69, 9.17) is 42.6 Å². The number of ether oxygens (including phenoxy) is 9. The number of aliphatic hydroxyl groups excluding tert-OH is 7. The Morgan fingerprint density at radius 1 is 0.710 bits per heavy atom. The normalized spacial score (nSPS) is 57.6. The Balaban J connectivity index is 0.920. The summed E-state index contributed by atoms with van der Waals surface area (Å²) in [5.41, 5.74) is 1.57. The molecular weight excluding hydrogens is 808 g/mol. The largest absolute Gasteiger partial charge is 0.394 e. The third-order valence-corrected chi connectivity index (χ3v) is 17.9. The fourth-order valence-electron chi connectivity index (χ4n) is 14.2. The zero-order chi connectivity index (χ0) is 44.2. The van der Waals surface area contributed by atoms with Crippen molar-refractivity contribution >= 4 is 0 Å². The van der Waals surface area contributed by atoms with Crippen LogP contribution < -0.4 is 0 Å². The van der Waals surface area contributed by atoms with E-state index in [9.17, 15) is 35.7 Å². The summed E-state index contributed by atoms with van der Waals surface area (Å²) in [7, 11) is 1.36. The maximum absolute atomic E-state index is 12.1. The van der Waals surface area contributed by atoms with Crippen LogP contribution in [-0.4, -0.2) is 166 Å². The molecule has 5 heterocycles. The van der Waals surface area contributed by atoms with Crippen LogP contribution in [0.3, 0.4) is 0 Å². The average molecular weight is 883 g/mol. The van der Waals surface area contributed by atoms with Crippen LogP contribution in [0.5, 0.6) is 0 Å². The van der Waals surface area contributed by atoms with Crippen LogP contribution in [0.1, 0.15) is 99.3 Å². The van der Waals surface area contributed by atoms with Crippen LogP contribution in [0, 0.1) is 46.3 Å². The maximum Gasteiger partial charge on any atom is 0.187 e. The van der Waals surface area contributed by atoms with Crippen molar-refractivity contribution in [2.24, 2.45) is 46.3 Å². The molecule has 1 spiro atoms. The van der Waals surface area contributed by atoms with Gasteiger partial charge in [-0.15, -0.1) is 0 Å². The van der Waals surface area contributed by atoms with Gasteiger partial charge in [0.05, 0.1) is 37.6 Å². The number of allylic oxidation sites excluding steroid dienone is 1. The molecule has 7 N–H and O–H groups in total. The lowest BCUT2D eigenvalue weighted by Crippen LogP contribution is -2.66. The van der Waals surface area contributed by atoms with Gasteiger partial charge in [-0.3, -0.25) is 0 Å². The second-order valence-electron chi connectivity index (χ2n) is 21.3. The van der Waals surface area contributed by atoms with Crippen molar-refractivity contribution in [2.75, 3.05) is 20.3 Å². The lowest BCUT2D eigenvalue weighted by Gasteiger charge is -2.59. The van der Waals surface area contributed by atoms with Gasteiger partial charge in [0.1, 0.15) is 61.0 Å². The second kappa shape index (κ2) is 17.3. The highest BCUT2D eigenvalue weighted by Gasteiger charge is 2.69. The van der Waals surface area contributed by atoms with Gasteiger partial charge in [0.15, 0.2) is 24.7 Å². The Morgan fingerprint density at radius 3 is 2.11 bits per heavy atom. The molecule has 16 nitrogen and oxygen atoms in total. The zero-order valence-electron chi connectivity index (χ0n) is 37.4. The number of hydrogen-bond acceptors (Lipinski definition) is 16. The topological polar surface area (TPSA) is 225 Å². The highest BCUT2D eigenvalue weighted by molar-refractivity contribution is 5.26. The van der Waals surface area contributed by atoms with Crippen LogP contribution in [0.4, 0.5) is 0 Å². The van der Waals surface area contributed by atoms with Crippen LogP contribution in [-0.2, 0) is 42.6 Å². The predicted octanol–water partition coefficient (Wildman–Crippen LogP) is 1.90. The van der Waals surface area contributed by atoms with Crippen molar-refractivity contribution in [3.8, 4) is 0 Å². The van der Waals surface area contributed by atoms with E-state index >= 15 is 0 Å². The summed E-state index contributed by atoms with van der Waals surface area (Å²) in [6.07, 6.45) is -8.66. The van der Waals surface area contributed by atoms with Crippen LogP contribution in [0.25, 0.3) is 0 Å². The summed E-state index contributed by atoms with van der Waals surface area (Å²) in [4.78, 5) is 0. The molecule has 8 fully saturated rings. The molecule has 9 rings (SSSR count). The van der Waals surface area contributed by atoms with Crippen LogP contribution in [0.2, 0.25) is 0 Å². The van der Waals surface area contributed by atoms with Gasteiger partial charge in [0.25, 0.3) is 0 Å². The van der Waals surface area contributed by atoms with Crippen molar-refractivity contribution in [1.29, 1.82) is 0 Å². The number of fused-ring (bicyclic) bond motifs is 7. The first kappa shape index (κ1) is 46.2. The van der Waals surface area contributed by atoms with E-state index in [1.807, 2.05) is 0 Å². The molecule has 5 saturated heterocycles. The van der Waals surface area contributed by atoms with E-state index in [2.05, 4.69) is 33.8 Å². The molecule has 0 aromatic carbocycles. The summed E-state index contributed by atoms with van der Waals surface area (Å²) < 4.78 is 56.0. The highest BCUT2D eigenvalue weighted by atomic mass is 16.8. The van der Waals surface area contributed by atoms with Gasteiger partial charge in [0, 0.05) is 19.4 Å². The molecule has 0 aromatic rings. The van der Waals surface area contributed by atoms with Crippen molar-refractivity contribution < 1.29 is 78.4 Å². The Bertz CT molecular complexity index is 1610. The fourth-order valence-corrected chi connectivity index (χ4v) is 14.2. The summed E-state index contributed by atoms with van der Waals surface area (Å²) in [5, 5.41) is 76.2. The predicted molar refractivity (Wildman–Crippen MR) is 218 cm³/mol. The van der Waals surface area contributed by atoms with Crippen molar-refractivity contribution in [2.45, 2.75) is 209 Å². The average Bonchev–Trinajstić information content (AvgIpc) is 3.70. The molecule has 354 valence electrons. The van der Waals surface area contributed by atoms with Gasteiger partial charge in [0.2, 0.25) is 0 Å². The van der Waals surface area contributed by atoms with Gasteiger partial charge in [-0.25, -0.2) is 0 Å². The van der Waals surface area contributed by atoms with Crippen molar-refractivity contribution in [3.05, 3.63) is 11.6 Å². The minimum absolute atomic E-state index is 0.00414. The molecule has 9 aliphatic rings. The Kier molecular flexibility index (Phi) is 12.9. The molecule has 3 saturated carbocycles. The third-order valence-electron chi connectivity index (χ3n) is 17.9. The van der Waals surface area contributed by atoms with E-state index in [1.54, 1.807) is 6.92 Å². The molecule has 0 amide bonds. The van der Waals surface area contributed by atoms with Gasteiger partial charge in [-0.2, -0.15) is 0 Å². The molecule has 16 heteroatoms. The zero-order valence-corrected chi connectivity index (χ0v) is 37.4. The quantitative estimate of drug-likeness (QED) is 0.173. The molecule has 62 heavy (non-hydrogen) atoms. The van der Waals surface area contributed by atoms with Gasteiger partial charge in [-0.1, -0.05) is 39.3 Å². The smallest absolute Gasteiger partial charge is 0.187 e. The van der Waals surface area contributed by atoms with Crippen molar-refractivity contribution in [1.82, 2.24) is 0 Å². The first-order chi connectivity index (χ1) is 29.4. The minimum Gasteiger partial charge on any atom is -0.394 e. The Morgan fingerprint density at radius 2 is 1.42 bits per heavy atom. The van der Waals surface area contributed by atoms with Gasteiger partial charge < -0.3 is 78.4 Å². The molecule has 0 aromatic heterocycles. The van der Waals surface area contributed by atoms with Gasteiger partial charge >= 0.3 is 0 Å². The summed E-state index contributed by atoms with van der Waals surface area (Å²) in [5.74, 6) is 2.69. The number of hydrogen-bond donors (Lipinski definition) is 7. The van der Waals surface area contributed by atoms with Crippen molar-refractivity contribution in [3.63, 3.8) is 0 Å². The molecule has 26 atom stereocenters. The Hall–Kier alpha value is -0.900. The molecule has 0 bridgehead atoms. The monoisotopic (exact) mass is 882 g/mol. The molecule has 5 aliphatic heterocycles. The number of aliphatic hydroxyl groups is 7.